The summed E-state index contributed by atoms with van der Waals surface area (Å²) < 4.78 is 14.4. The Balaban J connectivity index is 1.48. The molecule has 0 amide bonds. The van der Waals surface area contributed by atoms with Crippen molar-refractivity contribution >= 4 is 26.7 Å². The summed E-state index contributed by atoms with van der Waals surface area (Å²) in [6.45, 7) is 9.75. The lowest BCUT2D eigenvalue weighted by Crippen LogP contribution is -2.48. The van der Waals surface area contributed by atoms with Crippen LogP contribution in [0.5, 0.6) is 11.5 Å². The minimum absolute atomic E-state index is 0.164. The highest BCUT2D eigenvalue weighted by atomic mass is 32.1. The van der Waals surface area contributed by atoms with Gasteiger partial charge in [-0.1, -0.05) is 23.5 Å². The minimum Gasteiger partial charge on any atom is -0.497 e. The second-order valence-electron chi connectivity index (χ2n) is 9.62. The third kappa shape index (κ3) is 4.55. The molecule has 3 heterocycles. The summed E-state index contributed by atoms with van der Waals surface area (Å²) in [5.41, 5.74) is 1.81. The number of methoxy groups -OCH3 is 2. The molecule has 0 unspecified atom stereocenters. The fraction of sp³-hybridized carbons (Fsp3) is 0.440. The van der Waals surface area contributed by atoms with Crippen molar-refractivity contribution < 1.29 is 9.47 Å². The van der Waals surface area contributed by atoms with Crippen LogP contribution >= 0.6 is 11.3 Å². The van der Waals surface area contributed by atoms with Crippen molar-refractivity contribution in [1.82, 2.24) is 30.1 Å². The molecule has 35 heavy (non-hydrogen) atoms. The molecule has 1 aliphatic rings. The number of ether oxygens (including phenoxy) is 2. The molecule has 9 nitrogen and oxygen atoms in total. The van der Waals surface area contributed by atoms with E-state index < -0.39 is 0 Å². The van der Waals surface area contributed by atoms with Gasteiger partial charge < -0.3 is 14.4 Å². The van der Waals surface area contributed by atoms with E-state index in [1.165, 1.54) is 4.70 Å². The average molecular weight is 494 g/mol. The van der Waals surface area contributed by atoms with Crippen LogP contribution in [0.3, 0.4) is 0 Å². The van der Waals surface area contributed by atoms with Gasteiger partial charge in [-0.05, 0) is 55.5 Å². The van der Waals surface area contributed by atoms with Crippen molar-refractivity contribution in [3.8, 4) is 11.5 Å². The molecule has 2 aromatic carbocycles. The maximum atomic E-state index is 5.80. The Morgan fingerprint density at radius 1 is 0.971 bits per heavy atom. The number of hydrogen-bond acceptors (Lipinski definition) is 9. The lowest BCUT2D eigenvalue weighted by molar-refractivity contribution is 0.188. The fourth-order valence-electron chi connectivity index (χ4n) is 4.55. The van der Waals surface area contributed by atoms with Crippen LogP contribution in [-0.4, -0.2) is 70.5 Å². The van der Waals surface area contributed by atoms with Crippen LogP contribution in [0, 0.1) is 0 Å². The molecule has 1 fully saturated rings. The van der Waals surface area contributed by atoms with E-state index in [1.54, 1.807) is 25.6 Å². The Kier molecular flexibility index (Phi) is 6.33. The standard InChI is InChI=1S/C25H31N7O2S/c1-25(2,3)32-23(27-28-29-32)22(18-11-10-17(33-4)16-20(18)34-5)30-12-14-31(15-13-30)24-26-19-8-6-7-9-21(19)35-24/h6-11,16,22H,12-15H2,1-5H3/t22-/m1/s1. The highest BCUT2D eigenvalue weighted by molar-refractivity contribution is 7.22. The van der Waals surface area contributed by atoms with Crippen molar-refractivity contribution in [1.29, 1.82) is 0 Å². The molecule has 10 heteroatoms. The van der Waals surface area contributed by atoms with Gasteiger partial charge in [0.25, 0.3) is 0 Å². The predicted molar refractivity (Wildman–Crippen MR) is 138 cm³/mol. The van der Waals surface area contributed by atoms with Gasteiger partial charge in [0.2, 0.25) is 0 Å². The Bertz CT molecular complexity index is 1270. The van der Waals surface area contributed by atoms with Crippen LogP contribution in [0.25, 0.3) is 10.2 Å². The average Bonchev–Trinajstić information content (AvgIpc) is 3.52. The highest BCUT2D eigenvalue weighted by Gasteiger charge is 2.35. The molecule has 0 saturated carbocycles. The zero-order valence-corrected chi connectivity index (χ0v) is 21.6. The number of para-hydroxylation sites is 1. The number of benzene rings is 2. The first kappa shape index (κ1) is 23.5. The van der Waals surface area contributed by atoms with Crippen molar-refractivity contribution in [3.63, 3.8) is 0 Å². The first-order chi connectivity index (χ1) is 16.9. The van der Waals surface area contributed by atoms with Gasteiger partial charge in [-0.15, -0.1) is 5.10 Å². The molecule has 4 aromatic rings. The van der Waals surface area contributed by atoms with E-state index in [2.05, 4.69) is 70.4 Å². The second-order valence-corrected chi connectivity index (χ2v) is 10.6. The molecule has 0 N–H and O–H groups in total. The zero-order valence-electron chi connectivity index (χ0n) is 20.8. The summed E-state index contributed by atoms with van der Waals surface area (Å²) in [6.07, 6.45) is 0. The van der Waals surface area contributed by atoms with E-state index in [9.17, 15) is 0 Å². The molecule has 0 spiro atoms. The maximum absolute atomic E-state index is 5.80. The Hall–Kier alpha value is -3.24. The van der Waals surface area contributed by atoms with Crippen LogP contribution in [0.2, 0.25) is 0 Å². The van der Waals surface area contributed by atoms with Gasteiger partial charge in [0.05, 0.1) is 30.0 Å². The molecule has 2 aromatic heterocycles. The SMILES string of the molecule is COc1ccc([C@H](c2nnnn2C(C)(C)C)N2CCN(c3nc4ccccc4s3)CC2)c(OC)c1. The molecule has 0 radical (unpaired) electrons. The number of anilines is 1. The lowest BCUT2D eigenvalue weighted by atomic mass is 10.00. The molecule has 5 rings (SSSR count). The van der Waals surface area contributed by atoms with Crippen molar-refractivity contribution in [2.45, 2.75) is 32.4 Å². The van der Waals surface area contributed by atoms with Crippen LogP contribution in [0.1, 0.15) is 38.2 Å². The number of aromatic nitrogens is 5. The van der Waals surface area contributed by atoms with E-state index in [0.717, 1.165) is 59.7 Å². The third-order valence-corrected chi connectivity index (χ3v) is 7.44. The molecule has 184 valence electrons. The molecule has 1 saturated heterocycles. The van der Waals surface area contributed by atoms with Gasteiger partial charge in [0.15, 0.2) is 11.0 Å². The third-order valence-electron chi connectivity index (χ3n) is 6.34. The number of piperazine rings is 1. The molecule has 0 bridgehead atoms. The van der Waals surface area contributed by atoms with Gasteiger partial charge in [0, 0.05) is 37.8 Å². The van der Waals surface area contributed by atoms with Crippen LogP contribution in [-0.2, 0) is 5.54 Å². The zero-order chi connectivity index (χ0) is 24.6. The number of hydrogen-bond donors (Lipinski definition) is 0. The molecule has 0 aliphatic carbocycles. The van der Waals surface area contributed by atoms with Gasteiger partial charge >= 0.3 is 0 Å². The Morgan fingerprint density at radius 2 is 1.74 bits per heavy atom. The number of rotatable bonds is 6. The van der Waals surface area contributed by atoms with Gasteiger partial charge in [0.1, 0.15) is 17.5 Å². The predicted octanol–water partition coefficient (Wildman–Crippen LogP) is 3.97. The van der Waals surface area contributed by atoms with E-state index >= 15 is 0 Å². The smallest absolute Gasteiger partial charge is 0.186 e. The fourth-order valence-corrected chi connectivity index (χ4v) is 5.57. The van der Waals surface area contributed by atoms with E-state index in [1.807, 2.05) is 22.9 Å². The van der Waals surface area contributed by atoms with Crippen molar-refractivity contribution in [2.24, 2.45) is 0 Å². The highest BCUT2D eigenvalue weighted by Crippen LogP contribution is 2.38. The van der Waals surface area contributed by atoms with Gasteiger partial charge in [-0.3, -0.25) is 4.90 Å². The molecule has 1 aliphatic heterocycles. The number of nitrogens with zero attached hydrogens (tertiary/aromatic N) is 7. The van der Waals surface area contributed by atoms with Crippen LogP contribution < -0.4 is 14.4 Å². The summed E-state index contributed by atoms with van der Waals surface area (Å²) in [4.78, 5) is 9.67. The van der Waals surface area contributed by atoms with Gasteiger partial charge in [-0.25, -0.2) is 9.67 Å². The van der Waals surface area contributed by atoms with E-state index in [0.29, 0.717) is 0 Å². The van der Waals surface area contributed by atoms with E-state index in [-0.39, 0.29) is 11.6 Å². The van der Waals surface area contributed by atoms with E-state index in [4.69, 9.17) is 14.5 Å². The van der Waals surface area contributed by atoms with Crippen LogP contribution in [0.15, 0.2) is 42.5 Å². The first-order valence-electron chi connectivity index (χ1n) is 11.7. The lowest BCUT2D eigenvalue weighted by Gasteiger charge is -2.39. The summed E-state index contributed by atoms with van der Waals surface area (Å²) in [5, 5.41) is 14.0. The Labute approximate surface area is 209 Å². The summed E-state index contributed by atoms with van der Waals surface area (Å²) in [7, 11) is 3.35. The largest absolute Gasteiger partial charge is 0.497 e. The summed E-state index contributed by atoms with van der Waals surface area (Å²) in [6, 6.07) is 14.1. The Morgan fingerprint density at radius 3 is 2.43 bits per heavy atom. The van der Waals surface area contributed by atoms with Crippen molar-refractivity contribution in [3.05, 3.63) is 53.9 Å². The maximum Gasteiger partial charge on any atom is 0.186 e. The minimum atomic E-state index is -0.264. The molecular weight excluding hydrogens is 462 g/mol. The second kappa shape index (κ2) is 9.43. The van der Waals surface area contributed by atoms with Crippen LogP contribution in [0.4, 0.5) is 5.13 Å². The quantitative estimate of drug-likeness (QED) is 0.399. The normalized spacial score (nSPS) is 16.0. The number of tetrazole rings is 1. The topological polar surface area (TPSA) is 81.4 Å². The summed E-state index contributed by atoms with van der Waals surface area (Å²) in [5.74, 6) is 2.31. The number of fused-ring (bicyclic) bond motifs is 1. The van der Waals surface area contributed by atoms with Crippen molar-refractivity contribution in [2.75, 3.05) is 45.3 Å². The monoisotopic (exact) mass is 493 g/mol. The summed E-state index contributed by atoms with van der Waals surface area (Å²) >= 11 is 1.75. The van der Waals surface area contributed by atoms with Gasteiger partial charge in [-0.2, -0.15) is 0 Å². The first-order valence-corrected chi connectivity index (χ1v) is 12.6. The molecule has 1 atom stereocenters. The number of thiazole rings is 1. The molecular formula is C25H31N7O2S.